The van der Waals surface area contributed by atoms with Crippen molar-refractivity contribution in [2.75, 3.05) is 25.5 Å². The molecule has 3 rings (SSSR count). The number of guanidine groups is 1. The van der Waals surface area contributed by atoms with Gasteiger partial charge in [-0.25, -0.2) is 0 Å². The first kappa shape index (κ1) is 22.1. The van der Waals surface area contributed by atoms with Crippen LogP contribution in [0.15, 0.2) is 29.3 Å². The molecule has 1 aliphatic carbocycles. The molecule has 1 saturated carbocycles. The standard InChI is InChI=1S/C23H35N5O2/c1-3-21(29)28-13-12-20(16-28)27-23(24-2)25-15-17-8-7-11-19(14-17)26-22(30)18-9-5-4-6-10-18/h7-8,11,14,18,20H,3-6,9-10,12-13,15-16H2,1-2H3,(H,26,30)(H2,24,25,27). The third kappa shape index (κ3) is 6.21. The van der Waals surface area contributed by atoms with Gasteiger partial charge in [0, 0.05) is 50.7 Å². The molecule has 2 amide bonds. The van der Waals surface area contributed by atoms with E-state index in [-0.39, 0.29) is 23.8 Å². The number of amides is 2. The molecule has 1 atom stereocenters. The van der Waals surface area contributed by atoms with E-state index < -0.39 is 0 Å². The smallest absolute Gasteiger partial charge is 0.227 e. The van der Waals surface area contributed by atoms with Crippen LogP contribution in [-0.4, -0.2) is 48.9 Å². The van der Waals surface area contributed by atoms with Crippen molar-refractivity contribution in [3.8, 4) is 0 Å². The molecular weight excluding hydrogens is 378 g/mol. The van der Waals surface area contributed by atoms with Crippen LogP contribution in [0.2, 0.25) is 0 Å². The second-order valence-electron chi connectivity index (χ2n) is 8.27. The molecule has 0 bridgehead atoms. The van der Waals surface area contributed by atoms with Gasteiger partial charge in [0.2, 0.25) is 11.8 Å². The maximum Gasteiger partial charge on any atom is 0.227 e. The fourth-order valence-corrected chi connectivity index (χ4v) is 4.27. The van der Waals surface area contributed by atoms with Crippen molar-refractivity contribution in [1.82, 2.24) is 15.5 Å². The normalized spacial score (nSPS) is 20.1. The summed E-state index contributed by atoms with van der Waals surface area (Å²) < 4.78 is 0. The third-order valence-corrected chi connectivity index (χ3v) is 6.04. The Hall–Kier alpha value is -2.57. The van der Waals surface area contributed by atoms with Crippen LogP contribution in [-0.2, 0) is 16.1 Å². The van der Waals surface area contributed by atoms with Gasteiger partial charge in [0.15, 0.2) is 5.96 Å². The number of carbonyl (C=O) groups is 2. The molecule has 3 N–H and O–H groups in total. The number of hydrogen-bond donors (Lipinski definition) is 3. The lowest BCUT2D eigenvalue weighted by molar-refractivity contribution is -0.129. The molecule has 1 aromatic rings. The van der Waals surface area contributed by atoms with E-state index in [2.05, 4.69) is 20.9 Å². The highest BCUT2D eigenvalue weighted by molar-refractivity contribution is 5.92. The first-order valence-corrected chi connectivity index (χ1v) is 11.2. The van der Waals surface area contributed by atoms with Crippen molar-refractivity contribution >= 4 is 23.5 Å². The minimum atomic E-state index is 0.143. The summed E-state index contributed by atoms with van der Waals surface area (Å²) in [5.74, 6) is 1.22. The Morgan fingerprint density at radius 2 is 1.97 bits per heavy atom. The van der Waals surface area contributed by atoms with Crippen LogP contribution < -0.4 is 16.0 Å². The summed E-state index contributed by atoms with van der Waals surface area (Å²) >= 11 is 0. The van der Waals surface area contributed by atoms with Gasteiger partial charge in [-0.1, -0.05) is 38.3 Å². The molecule has 2 fully saturated rings. The predicted octanol–water partition coefficient (Wildman–Crippen LogP) is 2.88. The molecule has 0 aromatic heterocycles. The molecule has 30 heavy (non-hydrogen) atoms. The van der Waals surface area contributed by atoms with Gasteiger partial charge in [-0.05, 0) is 37.0 Å². The lowest BCUT2D eigenvalue weighted by Crippen LogP contribution is -2.44. The highest BCUT2D eigenvalue weighted by Crippen LogP contribution is 2.25. The van der Waals surface area contributed by atoms with E-state index in [1.165, 1.54) is 6.42 Å². The summed E-state index contributed by atoms with van der Waals surface area (Å²) in [6, 6.07) is 8.17. The Balaban J connectivity index is 1.48. The number of nitrogens with zero attached hydrogens (tertiary/aromatic N) is 2. The molecule has 1 heterocycles. The number of nitrogens with one attached hydrogen (secondary N) is 3. The fraction of sp³-hybridized carbons (Fsp3) is 0.609. The minimum absolute atomic E-state index is 0.143. The molecule has 7 nitrogen and oxygen atoms in total. The lowest BCUT2D eigenvalue weighted by Gasteiger charge is -2.21. The average Bonchev–Trinajstić information content (AvgIpc) is 3.25. The average molecular weight is 414 g/mol. The van der Waals surface area contributed by atoms with Crippen molar-refractivity contribution in [3.63, 3.8) is 0 Å². The number of likely N-dealkylation sites (tertiary alicyclic amines) is 1. The zero-order valence-corrected chi connectivity index (χ0v) is 18.2. The molecule has 2 aliphatic rings. The number of anilines is 1. The fourth-order valence-electron chi connectivity index (χ4n) is 4.27. The molecule has 1 aliphatic heterocycles. The topological polar surface area (TPSA) is 85.8 Å². The first-order valence-electron chi connectivity index (χ1n) is 11.2. The van der Waals surface area contributed by atoms with Gasteiger partial charge >= 0.3 is 0 Å². The number of benzene rings is 1. The van der Waals surface area contributed by atoms with Crippen LogP contribution in [0.25, 0.3) is 0 Å². The summed E-state index contributed by atoms with van der Waals surface area (Å²) in [5, 5.41) is 9.83. The quantitative estimate of drug-likeness (QED) is 0.494. The van der Waals surface area contributed by atoms with Gasteiger partial charge in [0.25, 0.3) is 0 Å². The van der Waals surface area contributed by atoms with Crippen LogP contribution in [0.3, 0.4) is 0 Å². The second-order valence-corrected chi connectivity index (χ2v) is 8.27. The molecule has 0 radical (unpaired) electrons. The Labute approximate surface area is 179 Å². The Kier molecular flexibility index (Phi) is 8.11. The van der Waals surface area contributed by atoms with E-state index in [1.807, 2.05) is 36.1 Å². The van der Waals surface area contributed by atoms with E-state index in [0.717, 1.165) is 62.4 Å². The summed E-state index contributed by atoms with van der Waals surface area (Å²) in [7, 11) is 1.75. The predicted molar refractivity (Wildman–Crippen MR) is 120 cm³/mol. The molecule has 0 spiro atoms. The molecular formula is C23H35N5O2. The van der Waals surface area contributed by atoms with Gasteiger partial charge < -0.3 is 20.9 Å². The number of aliphatic imine (C=N–C) groups is 1. The highest BCUT2D eigenvalue weighted by atomic mass is 16.2. The van der Waals surface area contributed by atoms with Crippen LogP contribution in [0, 0.1) is 5.92 Å². The maximum atomic E-state index is 12.5. The largest absolute Gasteiger partial charge is 0.352 e. The number of rotatable bonds is 6. The van der Waals surface area contributed by atoms with E-state index >= 15 is 0 Å². The van der Waals surface area contributed by atoms with Gasteiger partial charge in [-0.3, -0.25) is 14.6 Å². The summed E-state index contributed by atoms with van der Waals surface area (Å²) in [6.07, 6.45) is 7.02. The molecule has 1 saturated heterocycles. The van der Waals surface area contributed by atoms with Crippen molar-refractivity contribution < 1.29 is 9.59 Å². The molecule has 7 heteroatoms. The zero-order chi connectivity index (χ0) is 21.3. The van der Waals surface area contributed by atoms with Gasteiger partial charge in [0.1, 0.15) is 0 Å². The van der Waals surface area contributed by atoms with Crippen molar-refractivity contribution in [1.29, 1.82) is 0 Å². The first-order chi connectivity index (χ1) is 14.6. The van der Waals surface area contributed by atoms with E-state index in [9.17, 15) is 9.59 Å². The van der Waals surface area contributed by atoms with Gasteiger partial charge in [-0.2, -0.15) is 0 Å². The second kappa shape index (κ2) is 11.0. The van der Waals surface area contributed by atoms with Crippen LogP contribution >= 0.6 is 0 Å². The van der Waals surface area contributed by atoms with Crippen LogP contribution in [0.4, 0.5) is 5.69 Å². The van der Waals surface area contributed by atoms with Crippen LogP contribution in [0.1, 0.15) is 57.4 Å². The monoisotopic (exact) mass is 413 g/mol. The molecule has 164 valence electrons. The lowest BCUT2D eigenvalue weighted by atomic mass is 9.88. The van der Waals surface area contributed by atoms with Crippen molar-refractivity contribution in [2.24, 2.45) is 10.9 Å². The maximum absolute atomic E-state index is 12.5. The number of hydrogen-bond acceptors (Lipinski definition) is 3. The van der Waals surface area contributed by atoms with E-state index in [1.54, 1.807) is 7.05 Å². The van der Waals surface area contributed by atoms with E-state index in [4.69, 9.17) is 0 Å². The molecule has 1 unspecified atom stereocenters. The SMILES string of the molecule is CCC(=O)N1CCC(NC(=NC)NCc2cccc(NC(=O)C3CCCCC3)c2)C1. The highest BCUT2D eigenvalue weighted by Gasteiger charge is 2.25. The van der Waals surface area contributed by atoms with E-state index in [0.29, 0.717) is 13.0 Å². The summed E-state index contributed by atoms with van der Waals surface area (Å²) in [5.41, 5.74) is 1.92. The Bertz CT molecular complexity index is 758. The minimum Gasteiger partial charge on any atom is -0.352 e. The van der Waals surface area contributed by atoms with Gasteiger partial charge in [-0.15, -0.1) is 0 Å². The van der Waals surface area contributed by atoms with Crippen LogP contribution in [0.5, 0.6) is 0 Å². The van der Waals surface area contributed by atoms with Crippen molar-refractivity contribution in [3.05, 3.63) is 29.8 Å². The number of carbonyl (C=O) groups excluding carboxylic acids is 2. The van der Waals surface area contributed by atoms with Crippen molar-refractivity contribution in [2.45, 2.75) is 64.5 Å². The van der Waals surface area contributed by atoms with Gasteiger partial charge in [0.05, 0.1) is 0 Å². The zero-order valence-electron chi connectivity index (χ0n) is 18.2. The summed E-state index contributed by atoms with van der Waals surface area (Å²) in [6.45, 7) is 4.02. The Morgan fingerprint density at radius 1 is 1.17 bits per heavy atom. The molecule has 1 aromatic carbocycles. The summed E-state index contributed by atoms with van der Waals surface area (Å²) in [4.78, 5) is 30.6. The third-order valence-electron chi connectivity index (χ3n) is 6.04. The Morgan fingerprint density at radius 3 is 2.70 bits per heavy atom.